The lowest BCUT2D eigenvalue weighted by molar-refractivity contribution is -0.950. The zero-order chi connectivity index (χ0) is 22.8. The highest BCUT2D eigenvalue weighted by molar-refractivity contribution is 6.00. The van der Waals surface area contributed by atoms with Gasteiger partial charge in [0.15, 0.2) is 12.1 Å². The number of aryl methyl sites for hydroxylation is 2. The third kappa shape index (κ3) is 4.42. The lowest BCUT2D eigenvalue weighted by atomic mass is 9.99. The summed E-state index contributed by atoms with van der Waals surface area (Å²) in [4.78, 5) is 26.5. The molecule has 1 aliphatic heterocycles. The maximum absolute atomic E-state index is 13.7. The number of nitrogens with zero attached hydrogens (tertiary/aromatic N) is 1. The number of rotatable bonds is 7. The van der Waals surface area contributed by atoms with Gasteiger partial charge in [0.25, 0.3) is 5.91 Å². The van der Waals surface area contributed by atoms with Gasteiger partial charge < -0.3 is 14.5 Å². The number of hydrogen-bond acceptors (Lipinski definition) is 3. The number of carbonyl (C=O) groups is 2. The summed E-state index contributed by atoms with van der Waals surface area (Å²) in [5, 5.41) is 3.09. The molecule has 1 amide bonds. The molecule has 0 atom stereocenters. The highest BCUT2D eigenvalue weighted by atomic mass is 19.1. The Morgan fingerprint density at radius 2 is 1.66 bits per heavy atom. The zero-order valence-corrected chi connectivity index (χ0v) is 19.0. The number of amides is 1. The second kappa shape index (κ2) is 9.02. The SMILES string of the molecule is Cc1cc(F)cc(C)c1NC(=O)C1([N+]2(CC(=O)OCc3ccccc3)CCCCC2)CC1. The van der Waals surface area contributed by atoms with Gasteiger partial charge in [-0.05, 0) is 61.9 Å². The first-order valence-electron chi connectivity index (χ1n) is 11.5. The fourth-order valence-corrected chi connectivity index (χ4v) is 5.26. The first-order chi connectivity index (χ1) is 15.4. The molecule has 4 rings (SSSR count). The summed E-state index contributed by atoms with van der Waals surface area (Å²) < 4.78 is 19.8. The van der Waals surface area contributed by atoms with Crippen LogP contribution in [0.25, 0.3) is 0 Å². The smallest absolute Gasteiger partial charge is 0.362 e. The number of quaternary nitrogens is 1. The predicted octanol–water partition coefficient (Wildman–Crippen LogP) is 4.66. The van der Waals surface area contributed by atoms with E-state index in [0.29, 0.717) is 21.3 Å². The minimum Gasteiger partial charge on any atom is -0.457 e. The molecular weight excluding hydrogens is 407 g/mol. The summed E-state index contributed by atoms with van der Waals surface area (Å²) in [5.74, 6) is -0.628. The summed E-state index contributed by atoms with van der Waals surface area (Å²) >= 11 is 0. The summed E-state index contributed by atoms with van der Waals surface area (Å²) in [6.45, 7) is 5.66. The van der Waals surface area contributed by atoms with Gasteiger partial charge in [0.2, 0.25) is 0 Å². The van der Waals surface area contributed by atoms with Gasteiger partial charge in [-0.15, -0.1) is 0 Å². The maximum atomic E-state index is 13.7. The normalized spacial score (nSPS) is 18.6. The second-order valence-corrected chi connectivity index (χ2v) is 9.36. The number of piperidine rings is 1. The summed E-state index contributed by atoms with van der Waals surface area (Å²) in [6.07, 6.45) is 4.62. The molecule has 1 heterocycles. The summed E-state index contributed by atoms with van der Waals surface area (Å²) in [6, 6.07) is 12.5. The van der Waals surface area contributed by atoms with E-state index in [0.717, 1.165) is 50.8 Å². The van der Waals surface area contributed by atoms with Crippen molar-refractivity contribution in [2.24, 2.45) is 0 Å². The van der Waals surface area contributed by atoms with E-state index in [1.54, 1.807) is 13.8 Å². The lowest BCUT2D eigenvalue weighted by Gasteiger charge is -2.46. The van der Waals surface area contributed by atoms with E-state index in [-0.39, 0.29) is 30.8 Å². The average Bonchev–Trinajstić information content (AvgIpc) is 3.59. The van der Waals surface area contributed by atoms with Crippen molar-refractivity contribution in [3.8, 4) is 0 Å². The Kier molecular flexibility index (Phi) is 6.33. The number of carbonyl (C=O) groups excluding carboxylic acids is 2. The Balaban J connectivity index is 1.51. The van der Waals surface area contributed by atoms with Crippen molar-refractivity contribution in [1.82, 2.24) is 0 Å². The minimum absolute atomic E-state index is 0.0620. The highest BCUT2D eigenvalue weighted by Crippen LogP contribution is 2.50. The first kappa shape index (κ1) is 22.5. The third-order valence-corrected chi connectivity index (χ3v) is 7.14. The van der Waals surface area contributed by atoms with E-state index in [1.807, 2.05) is 30.3 Å². The molecule has 1 aliphatic carbocycles. The van der Waals surface area contributed by atoms with Gasteiger partial charge in [-0.25, -0.2) is 9.18 Å². The molecule has 2 aromatic carbocycles. The van der Waals surface area contributed by atoms with Crippen molar-refractivity contribution in [3.05, 3.63) is 65.0 Å². The van der Waals surface area contributed by atoms with Crippen molar-refractivity contribution < 1.29 is 23.2 Å². The van der Waals surface area contributed by atoms with Gasteiger partial charge >= 0.3 is 5.97 Å². The van der Waals surface area contributed by atoms with E-state index < -0.39 is 5.54 Å². The first-order valence-corrected chi connectivity index (χ1v) is 11.5. The van der Waals surface area contributed by atoms with Crippen LogP contribution in [-0.2, 0) is 20.9 Å². The molecule has 0 aromatic heterocycles. The van der Waals surface area contributed by atoms with E-state index >= 15 is 0 Å². The quantitative estimate of drug-likeness (QED) is 0.504. The van der Waals surface area contributed by atoms with Gasteiger partial charge in [0.05, 0.1) is 13.1 Å². The second-order valence-electron chi connectivity index (χ2n) is 9.36. The Hall–Kier alpha value is -2.73. The van der Waals surface area contributed by atoms with Crippen LogP contribution in [0.5, 0.6) is 0 Å². The molecular formula is C26H32FN2O3+. The Bertz CT molecular complexity index is 972. The molecule has 0 bridgehead atoms. The molecule has 0 unspecified atom stereocenters. The standard InChI is InChI=1S/C26H31FN2O3/c1-19-15-22(27)16-20(2)24(19)28-25(31)26(11-12-26)29(13-7-4-8-14-29)17-23(30)32-18-21-9-5-3-6-10-21/h3,5-6,9-10,15-16H,4,7-8,11-14,17-18H2,1-2H3/p+1. The van der Waals surface area contributed by atoms with Gasteiger partial charge in [0.1, 0.15) is 12.4 Å². The lowest BCUT2D eigenvalue weighted by Crippen LogP contribution is -2.66. The monoisotopic (exact) mass is 439 g/mol. The molecule has 170 valence electrons. The number of benzene rings is 2. The number of halogens is 1. The van der Waals surface area contributed by atoms with E-state index in [9.17, 15) is 14.0 Å². The Morgan fingerprint density at radius 1 is 1.03 bits per heavy atom. The van der Waals surface area contributed by atoms with Crippen LogP contribution in [0, 0.1) is 19.7 Å². The van der Waals surface area contributed by atoms with Crippen LogP contribution in [0.4, 0.5) is 10.1 Å². The van der Waals surface area contributed by atoms with Crippen LogP contribution in [0.1, 0.15) is 48.8 Å². The van der Waals surface area contributed by atoms with Gasteiger partial charge in [-0.1, -0.05) is 30.3 Å². The molecule has 1 saturated carbocycles. The van der Waals surface area contributed by atoms with Crippen LogP contribution in [0.2, 0.25) is 0 Å². The highest BCUT2D eigenvalue weighted by Gasteiger charge is 2.66. The molecule has 6 heteroatoms. The largest absolute Gasteiger partial charge is 0.457 e. The molecule has 32 heavy (non-hydrogen) atoms. The number of esters is 1. The molecule has 1 saturated heterocycles. The number of nitrogens with one attached hydrogen (secondary N) is 1. The maximum Gasteiger partial charge on any atom is 0.362 e. The molecule has 2 aliphatic rings. The van der Waals surface area contributed by atoms with Crippen LogP contribution in [-0.4, -0.2) is 41.5 Å². The third-order valence-electron chi connectivity index (χ3n) is 7.14. The van der Waals surface area contributed by atoms with Gasteiger partial charge in [0, 0.05) is 18.5 Å². The van der Waals surface area contributed by atoms with Crippen LogP contribution >= 0.6 is 0 Å². The van der Waals surface area contributed by atoms with Crippen molar-refractivity contribution >= 4 is 17.6 Å². The zero-order valence-electron chi connectivity index (χ0n) is 19.0. The van der Waals surface area contributed by atoms with Crippen molar-refractivity contribution in [3.63, 3.8) is 0 Å². The number of likely N-dealkylation sites (tertiary alicyclic amines) is 1. The molecule has 5 nitrogen and oxygen atoms in total. The van der Waals surface area contributed by atoms with Crippen LogP contribution < -0.4 is 5.32 Å². The summed E-state index contributed by atoms with van der Waals surface area (Å²) in [7, 11) is 0. The predicted molar refractivity (Wildman–Crippen MR) is 121 cm³/mol. The minimum atomic E-state index is -0.612. The Labute approximate surface area is 189 Å². The topological polar surface area (TPSA) is 55.4 Å². The van der Waals surface area contributed by atoms with E-state index in [1.165, 1.54) is 12.1 Å². The van der Waals surface area contributed by atoms with E-state index in [4.69, 9.17) is 4.74 Å². The van der Waals surface area contributed by atoms with Crippen LogP contribution in [0.15, 0.2) is 42.5 Å². The number of hydrogen-bond donors (Lipinski definition) is 1. The average molecular weight is 440 g/mol. The van der Waals surface area contributed by atoms with Gasteiger partial charge in [-0.3, -0.25) is 4.79 Å². The van der Waals surface area contributed by atoms with Crippen molar-refractivity contribution in [2.45, 2.75) is 58.1 Å². The molecule has 2 aromatic rings. The fourth-order valence-electron chi connectivity index (χ4n) is 5.26. The molecule has 1 N–H and O–H groups in total. The molecule has 2 fully saturated rings. The molecule has 0 radical (unpaired) electrons. The van der Waals surface area contributed by atoms with Gasteiger partial charge in [-0.2, -0.15) is 0 Å². The van der Waals surface area contributed by atoms with Crippen molar-refractivity contribution in [1.29, 1.82) is 0 Å². The Morgan fingerprint density at radius 3 is 2.25 bits per heavy atom. The van der Waals surface area contributed by atoms with Crippen molar-refractivity contribution in [2.75, 3.05) is 25.0 Å². The number of anilines is 1. The summed E-state index contributed by atoms with van der Waals surface area (Å²) in [5.41, 5.74) is 2.43. The van der Waals surface area contributed by atoms with Crippen LogP contribution in [0.3, 0.4) is 0 Å². The fraction of sp³-hybridized carbons (Fsp3) is 0.462. The number of ether oxygens (including phenoxy) is 1. The molecule has 0 spiro atoms. The van der Waals surface area contributed by atoms with E-state index in [2.05, 4.69) is 5.32 Å².